The molecule has 3 aromatic heterocycles. The van der Waals surface area contributed by atoms with Crippen LogP contribution < -0.4 is 27.8 Å². The van der Waals surface area contributed by atoms with Crippen LogP contribution in [-0.4, -0.2) is 129 Å². The number of unbranched alkanes of at least 4 members (excludes halogenated alkanes) is 1. The number of hydrogen-bond acceptors (Lipinski definition) is 21. The molecule has 0 bridgehead atoms. The minimum absolute atomic E-state index is 0.0158. The Morgan fingerprint density at radius 3 is 2.40 bits per heavy atom. The third-order valence-corrected chi connectivity index (χ3v) is 11.5. The van der Waals surface area contributed by atoms with Crippen LogP contribution >= 0.6 is 15.6 Å². The number of aliphatic hydroxyl groups excluding tert-OH is 1. The summed E-state index contributed by atoms with van der Waals surface area (Å²) in [5.74, 6) is -1.23. The fourth-order valence-corrected chi connectivity index (χ4v) is 8.26. The van der Waals surface area contributed by atoms with Gasteiger partial charge in [0, 0.05) is 19.2 Å². The summed E-state index contributed by atoms with van der Waals surface area (Å²) in [6.45, 7) is 3.20. The SMILES string of the molecule is CC(C)(C)OC(=O)N[C@@H](CCCCNC(=O)OCc1ccccc1)C(=O)O[C@H]1[C@@H](O)[C@H](n2cnc3c(N)ncnc32)O[C@@H]1COP(=O)(O)O[C@H]1C[C@H](n2ccc(N)nc2=O)O[C@@H]1COP(=O)(O)O. The third-order valence-electron chi connectivity index (χ3n) is 10.0. The molecule has 4 aromatic rings. The predicted molar refractivity (Wildman–Crippen MR) is 231 cm³/mol. The first-order chi connectivity index (χ1) is 32.1. The smallest absolute Gasteiger partial charge is 0.455 e. The number of phosphoric ester groups is 2. The number of alkyl carbamates (subject to hydrolysis) is 2. The highest BCUT2D eigenvalue weighted by atomic mass is 31.2. The van der Waals surface area contributed by atoms with Gasteiger partial charge in [0.2, 0.25) is 0 Å². The summed E-state index contributed by atoms with van der Waals surface area (Å²) in [5.41, 5.74) is 10.7. The van der Waals surface area contributed by atoms with Gasteiger partial charge in [-0.05, 0) is 51.7 Å². The largest absolute Gasteiger partial charge is 0.472 e. The van der Waals surface area contributed by atoms with Gasteiger partial charge in [-0.2, -0.15) is 4.98 Å². The molecule has 2 fully saturated rings. The van der Waals surface area contributed by atoms with Gasteiger partial charge in [-0.1, -0.05) is 30.3 Å². The number of nitrogens with one attached hydrogen (secondary N) is 2. The molecule has 1 aromatic carbocycles. The number of carbonyl (C=O) groups excluding carboxylic acids is 3. The van der Waals surface area contributed by atoms with Crippen LogP contribution in [0, 0.1) is 0 Å². The van der Waals surface area contributed by atoms with Gasteiger partial charge in [-0.25, -0.2) is 43.3 Å². The van der Waals surface area contributed by atoms with Gasteiger partial charge in [0.25, 0.3) is 0 Å². The van der Waals surface area contributed by atoms with E-state index in [9.17, 15) is 48.1 Å². The predicted octanol–water partition coefficient (Wildman–Crippen LogP) is 1.31. The van der Waals surface area contributed by atoms with Gasteiger partial charge in [0.1, 0.15) is 66.6 Å². The van der Waals surface area contributed by atoms with Crippen LogP contribution in [0.4, 0.5) is 21.2 Å². The maximum absolute atomic E-state index is 14.0. The number of hydrogen-bond donors (Lipinski definition) is 8. The molecule has 0 saturated carbocycles. The number of nitrogens with two attached hydrogens (primary N) is 2. The molecule has 2 aliphatic rings. The monoisotopic (exact) mass is 998 g/mol. The second kappa shape index (κ2) is 22.2. The van der Waals surface area contributed by atoms with Crippen LogP contribution in [0.3, 0.4) is 0 Å². The van der Waals surface area contributed by atoms with Crippen LogP contribution in [0.1, 0.15) is 64.5 Å². The number of amides is 2. The van der Waals surface area contributed by atoms with Crippen LogP contribution in [0.15, 0.2) is 60.0 Å². The number of nitrogens with zero attached hydrogens (tertiary/aromatic N) is 6. The maximum Gasteiger partial charge on any atom is 0.472 e. The minimum Gasteiger partial charge on any atom is -0.455 e. The molecule has 68 heavy (non-hydrogen) atoms. The highest BCUT2D eigenvalue weighted by Gasteiger charge is 2.50. The zero-order valence-corrected chi connectivity index (χ0v) is 38.5. The number of esters is 1. The summed E-state index contributed by atoms with van der Waals surface area (Å²) in [4.78, 5) is 97.4. The van der Waals surface area contributed by atoms with Crippen LogP contribution in [0.5, 0.6) is 0 Å². The molecular formula is C38H52N10O18P2. The highest BCUT2D eigenvalue weighted by molar-refractivity contribution is 7.47. The van der Waals surface area contributed by atoms with Crippen molar-refractivity contribution in [3.63, 3.8) is 0 Å². The van der Waals surface area contributed by atoms with Gasteiger partial charge in [-0.15, -0.1) is 0 Å². The molecule has 0 aliphatic carbocycles. The molecule has 10 N–H and O–H groups in total. The Hall–Kier alpha value is -5.64. The topological polar surface area (TPSA) is 395 Å². The lowest BCUT2D eigenvalue weighted by molar-refractivity contribution is -0.159. The molecule has 2 saturated heterocycles. The van der Waals surface area contributed by atoms with E-state index in [1.165, 1.54) is 23.2 Å². The number of anilines is 2. The summed E-state index contributed by atoms with van der Waals surface area (Å²) in [5, 5.41) is 16.8. The number of rotatable bonds is 20. The summed E-state index contributed by atoms with van der Waals surface area (Å²) < 4.78 is 70.9. The average Bonchev–Trinajstić information content (AvgIpc) is 3.95. The number of carbonyl (C=O) groups is 3. The summed E-state index contributed by atoms with van der Waals surface area (Å²) in [6, 6.07) is 8.88. The summed E-state index contributed by atoms with van der Waals surface area (Å²) >= 11 is 0. The minimum atomic E-state index is -5.27. The Morgan fingerprint density at radius 1 is 0.956 bits per heavy atom. The first-order valence-corrected chi connectivity index (χ1v) is 23.9. The molecule has 9 atom stereocenters. The lowest BCUT2D eigenvalue weighted by Gasteiger charge is -2.26. The normalized spacial score (nSPS) is 23.1. The molecule has 1 unspecified atom stereocenters. The van der Waals surface area contributed by atoms with E-state index in [0.29, 0.717) is 6.42 Å². The van der Waals surface area contributed by atoms with E-state index in [-0.39, 0.29) is 55.2 Å². The standard InChI is InChI=1S/C38H52N10O18P2/c1-38(2,3)65-37(53)45-22(11-7-8-13-41-36(52)59-16-21-9-5-4-6-10-21)34(50)64-30-25(63-33(29(30)49)48-20-44-28-31(40)42-19-43-32(28)48)18-61-68(57,58)66-23-15-27(47-14-12-26(39)46-35(47)51)62-24(23)17-60-67(54,55)56/h4-6,9-10,12,14,19-20,22-25,27,29-30,33,49H,7-8,11,13,15-18H2,1-3H3,(H,41,52)(H,45,53)(H,57,58)(H2,39,46,51)(H2,40,42,43)(H2,54,55,56)/t22-,23-,24+,25+,27+,29+,30+,33+/m0/s1. The van der Waals surface area contributed by atoms with E-state index in [1.807, 2.05) is 6.07 Å². The summed E-state index contributed by atoms with van der Waals surface area (Å²) in [6.07, 6.45) is -8.74. The van der Waals surface area contributed by atoms with Crippen LogP contribution in [0.2, 0.25) is 0 Å². The van der Waals surface area contributed by atoms with Crippen LogP contribution in [0.25, 0.3) is 11.2 Å². The third kappa shape index (κ3) is 14.4. The number of aliphatic hydroxyl groups is 1. The average molecular weight is 999 g/mol. The van der Waals surface area contributed by atoms with Gasteiger partial charge in [0.05, 0.1) is 19.5 Å². The Bertz CT molecular complexity index is 2540. The van der Waals surface area contributed by atoms with Gasteiger partial charge < -0.3 is 65.6 Å². The number of aromatic nitrogens is 6. The summed E-state index contributed by atoms with van der Waals surface area (Å²) in [7, 11) is -10.4. The van der Waals surface area contributed by atoms with E-state index < -0.39 is 107 Å². The lowest BCUT2D eigenvalue weighted by atomic mass is 10.1. The fourth-order valence-electron chi connectivity index (χ4n) is 6.96. The Kier molecular flexibility index (Phi) is 16.9. The van der Waals surface area contributed by atoms with Crippen molar-refractivity contribution >= 4 is 56.6 Å². The second-order valence-corrected chi connectivity index (χ2v) is 19.0. The van der Waals surface area contributed by atoms with Crippen molar-refractivity contribution in [1.29, 1.82) is 0 Å². The molecular weight excluding hydrogens is 946 g/mol. The van der Waals surface area contributed by atoms with Crippen molar-refractivity contribution in [2.75, 3.05) is 31.2 Å². The molecule has 30 heteroatoms. The highest BCUT2D eigenvalue weighted by Crippen LogP contribution is 2.50. The van der Waals surface area contributed by atoms with Crippen molar-refractivity contribution in [2.45, 2.75) is 108 Å². The number of phosphoric acid groups is 2. The number of nitrogen functional groups attached to an aromatic ring is 2. The zero-order chi connectivity index (χ0) is 49.4. The van der Waals surface area contributed by atoms with E-state index in [0.717, 1.165) is 16.5 Å². The molecule has 2 amide bonds. The van der Waals surface area contributed by atoms with Crippen molar-refractivity contribution < 1.29 is 80.6 Å². The first kappa shape index (κ1) is 51.7. The van der Waals surface area contributed by atoms with E-state index in [4.69, 9.17) is 44.2 Å². The van der Waals surface area contributed by atoms with Gasteiger partial charge >= 0.3 is 39.5 Å². The fraction of sp³-hybridized carbons (Fsp3) is 0.526. The maximum atomic E-state index is 14.0. The Morgan fingerprint density at radius 2 is 1.69 bits per heavy atom. The molecule has 0 spiro atoms. The molecule has 5 heterocycles. The number of imidazole rings is 1. The Labute approximate surface area is 386 Å². The molecule has 6 rings (SSSR count). The number of fused-ring (bicyclic) bond motifs is 1. The van der Waals surface area contributed by atoms with E-state index in [1.54, 1.807) is 45.0 Å². The Balaban J connectivity index is 1.17. The van der Waals surface area contributed by atoms with Crippen molar-refractivity contribution in [3.05, 3.63) is 71.3 Å². The molecule has 28 nitrogen and oxygen atoms in total. The second-order valence-electron chi connectivity index (χ2n) is 16.3. The van der Waals surface area contributed by atoms with Gasteiger partial charge in [-0.3, -0.25) is 22.7 Å². The first-order valence-electron chi connectivity index (χ1n) is 20.8. The zero-order valence-electron chi connectivity index (χ0n) is 36.7. The van der Waals surface area contributed by atoms with Crippen molar-refractivity contribution in [1.82, 2.24) is 39.7 Å². The molecule has 2 aliphatic heterocycles. The van der Waals surface area contributed by atoms with Gasteiger partial charge in [0.15, 0.2) is 23.8 Å². The van der Waals surface area contributed by atoms with E-state index in [2.05, 4.69) is 35.1 Å². The van der Waals surface area contributed by atoms with E-state index >= 15 is 0 Å². The molecule has 372 valence electrons. The lowest BCUT2D eigenvalue weighted by Crippen LogP contribution is -2.47. The van der Waals surface area contributed by atoms with Crippen molar-refractivity contribution in [2.24, 2.45) is 0 Å². The van der Waals surface area contributed by atoms with Crippen molar-refractivity contribution in [3.8, 4) is 0 Å². The number of ether oxygens (including phenoxy) is 5. The quantitative estimate of drug-likeness (QED) is 0.0268. The molecule has 0 radical (unpaired) electrons. The van der Waals surface area contributed by atoms with Crippen LogP contribution in [-0.2, 0) is 57.8 Å². The number of benzene rings is 1.